The van der Waals surface area contributed by atoms with Crippen molar-refractivity contribution < 1.29 is 24.5 Å². The highest BCUT2D eigenvalue weighted by Gasteiger charge is 2.25. The van der Waals surface area contributed by atoms with Crippen molar-refractivity contribution in [2.45, 2.75) is 25.9 Å². The summed E-state index contributed by atoms with van der Waals surface area (Å²) in [6.45, 7) is 7.34. The van der Waals surface area contributed by atoms with Crippen LogP contribution in [0.5, 0.6) is 5.75 Å². The molecule has 1 atom stereocenters. The van der Waals surface area contributed by atoms with Crippen LogP contribution in [-0.4, -0.2) is 95.5 Å². The summed E-state index contributed by atoms with van der Waals surface area (Å²) in [6.07, 6.45) is 2.40. The second-order valence-electron chi connectivity index (χ2n) is 10.3. The average Bonchev–Trinajstić information content (AvgIpc) is 2.97. The zero-order valence-corrected chi connectivity index (χ0v) is 23.0. The number of pyridine rings is 1. The maximum Gasteiger partial charge on any atom is 0.314 e. The van der Waals surface area contributed by atoms with Crippen molar-refractivity contribution >= 4 is 28.6 Å². The number of urea groups is 1. The Labute approximate surface area is 235 Å². The number of anilines is 1. The molecular weight excluding hydrogens is 510 g/mol. The van der Waals surface area contributed by atoms with Gasteiger partial charge in [0.15, 0.2) is 0 Å². The van der Waals surface area contributed by atoms with Crippen molar-refractivity contribution in [3.05, 3.63) is 66.4 Å². The molecule has 0 unspecified atom stereocenters. The summed E-state index contributed by atoms with van der Waals surface area (Å²) in [6, 6.07) is 17.5. The number of aliphatic hydroxyl groups is 1. The minimum atomic E-state index is -0.719. The number of nitrogens with two attached hydrogens (primary N) is 1. The molecule has 2 aliphatic heterocycles. The Morgan fingerprint density at radius 3 is 2.40 bits per heavy atom. The number of likely N-dealkylation sites (tertiary alicyclic amines) is 1. The first-order valence-electron chi connectivity index (χ1n) is 13.8. The normalized spacial score (nSPS) is 17.1. The minimum Gasteiger partial charge on any atom is -0.490 e. The van der Waals surface area contributed by atoms with Crippen LogP contribution >= 0.6 is 0 Å². The fraction of sp³-hybridized carbons (Fsp3) is 0.433. The molecule has 3 aromatic rings. The number of ether oxygens (including phenoxy) is 1. The number of carbonyl (C=O) groups excluding carboxylic acids is 1. The number of hydrogen-bond donors (Lipinski definition) is 3. The number of nitrogens with zero attached hydrogens (tertiary/aromatic N) is 4. The highest BCUT2D eigenvalue weighted by molar-refractivity contribution is 5.84. The first-order valence-corrected chi connectivity index (χ1v) is 13.8. The molecule has 2 saturated heterocycles. The monoisotopic (exact) mass is 549 g/mol. The number of carboxylic acid groups (broad SMARTS) is 1. The molecule has 0 bridgehead atoms. The lowest BCUT2D eigenvalue weighted by Crippen LogP contribution is -2.50. The number of aliphatic hydroxyl groups excluding tert-OH is 1. The second-order valence-corrected chi connectivity index (χ2v) is 10.3. The van der Waals surface area contributed by atoms with Crippen LogP contribution in [0.1, 0.15) is 18.4 Å². The molecule has 10 nitrogen and oxygen atoms in total. The Hall–Kier alpha value is -3.89. The van der Waals surface area contributed by atoms with E-state index in [1.807, 2.05) is 42.5 Å². The van der Waals surface area contributed by atoms with Crippen molar-refractivity contribution in [2.75, 3.05) is 57.3 Å². The molecule has 0 aliphatic carbocycles. The predicted octanol–water partition coefficient (Wildman–Crippen LogP) is 2.97. The smallest absolute Gasteiger partial charge is 0.314 e. The Morgan fingerprint density at radius 1 is 1.00 bits per heavy atom. The number of carbonyl (C=O) groups is 2. The number of β-amino-alcohol motifs (C(OH)–C–C–N with tert-alkyl or cyclic N) is 1. The molecule has 1 aromatic heterocycles. The molecule has 3 heterocycles. The van der Waals surface area contributed by atoms with Gasteiger partial charge >= 0.3 is 12.0 Å². The zero-order chi connectivity index (χ0) is 28.5. The molecular formula is C30H39N5O5. The first kappa shape index (κ1) is 29.1. The maximum absolute atomic E-state index is 11.0. The van der Waals surface area contributed by atoms with Gasteiger partial charge in [0.1, 0.15) is 18.5 Å². The molecule has 5 rings (SSSR count). The maximum atomic E-state index is 11.0. The number of fused-ring (bicyclic) bond motifs is 1. The van der Waals surface area contributed by atoms with Crippen molar-refractivity contribution in [3.8, 4) is 5.75 Å². The van der Waals surface area contributed by atoms with Gasteiger partial charge in [0, 0.05) is 50.0 Å². The molecule has 2 amide bonds. The molecule has 10 heteroatoms. The van der Waals surface area contributed by atoms with Gasteiger partial charge in [0.05, 0.1) is 11.4 Å². The van der Waals surface area contributed by atoms with E-state index >= 15 is 0 Å². The number of piperidine rings is 1. The minimum absolute atomic E-state index is 0.201. The molecule has 0 radical (unpaired) electrons. The number of aryl methyl sites for hydroxylation is 1. The van der Waals surface area contributed by atoms with Crippen LogP contribution in [-0.2, 0) is 4.79 Å². The fourth-order valence-electron chi connectivity index (χ4n) is 5.19. The third kappa shape index (κ3) is 7.83. The Morgan fingerprint density at radius 2 is 1.73 bits per heavy atom. The van der Waals surface area contributed by atoms with E-state index in [0.29, 0.717) is 51.3 Å². The lowest BCUT2D eigenvalue weighted by Gasteiger charge is -2.35. The standard InChI is InChI=1S/C18H22N2O4.C12H17N3O/c21-14(11-20-9-6-13(7-10-20)18(22)23)12-24-17-5-1-4-16-15(17)3-2-8-19-16;1-10-4-2-3-5-11(10)14-6-8-15(9-7-14)12(13)16/h1-5,8,13-14,21H,6-7,9-12H2,(H,22,23);2-5H,6-9H2,1H3,(H2,13,16)/t14-;/m1./s1. The topological polar surface area (TPSA) is 132 Å². The number of aromatic nitrogens is 1. The van der Waals surface area contributed by atoms with Gasteiger partial charge in [-0.25, -0.2) is 4.79 Å². The summed E-state index contributed by atoms with van der Waals surface area (Å²) in [4.78, 5) is 32.3. The van der Waals surface area contributed by atoms with Gasteiger partial charge in [-0.15, -0.1) is 0 Å². The van der Waals surface area contributed by atoms with Crippen LogP contribution in [0.3, 0.4) is 0 Å². The predicted molar refractivity (Wildman–Crippen MR) is 155 cm³/mol. The van der Waals surface area contributed by atoms with Gasteiger partial charge in [-0.2, -0.15) is 0 Å². The molecule has 40 heavy (non-hydrogen) atoms. The summed E-state index contributed by atoms with van der Waals surface area (Å²) < 4.78 is 5.77. The lowest BCUT2D eigenvalue weighted by molar-refractivity contribution is -0.143. The van der Waals surface area contributed by atoms with Crippen molar-refractivity contribution in [1.82, 2.24) is 14.8 Å². The highest BCUT2D eigenvalue weighted by atomic mass is 16.5. The molecule has 0 saturated carbocycles. The lowest BCUT2D eigenvalue weighted by atomic mass is 9.97. The first-order chi connectivity index (χ1) is 19.3. The van der Waals surface area contributed by atoms with Gasteiger partial charge in [-0.3, -0.25) is 9.78 Å². The van der Waals surface area contributed by atoms with E-state index < -0.39 is 12.1 Å². The van der Waals surface area contributed by atoms with Crippen LogP contribution in [0.15, 0.2) is 60.8 Å². The molecule has 0 spiro atoms. The van der Waals surface area contributed by atoms with E-state index in [0.717, 1.165) is 24.0 Å². The molecule has 214 valence electrons. The SMILES string of the molecule is Cc1ccccc1N1CCN(C(N)=O)CC1.O=C(O)C1CCN(C[C@@H](O)COc2cccc3ncccc23)CC1. The van der Waals surface area contributed by atoms with Crippen molar-refractivity contribution in [3.63, 3.8) is 0 Å². The van der Waals surface area contributed by atoms with Crippen LogP contribution < -0.4 is 15.4 Å². The number of aliphatic carboxylic acids is 1. The largest absolute Gasteiger partial charge is 0.490 e. The third-order valence-corrected chi connectivity index (χ3v) is 7.49. The Balaban J connectivity index is 0.000000201. The number of amides is 2. The van der Waals surface area contributed by atoms with Crippen molar-refractivity contribution in [1.29, 1.82) is 0 Å². The van der Waals surface area contributed by atoms with Gasteiger partial charge in [0.25, 0.3) is 0 Å². The Bertz CT molecular complexity index is 1270. The van der Waals surface area contributed by atoms with Gasteiger partial charge in [0.2, 0.25) is 0 Å². The van der Waals surface area contributed by atoms with Gasteiger partial charge in [-0.05, 0) is 68.8 Å². The number of hydrogen-bond acceptors (Lipinski definition) is 7. The quantitative estimate of drug-likeness (QED) is 0.410. The van der Waals surface area contributed by atoms with Crippen LogP contribution in [0.2, 0.25) is 0 Å². The van der Waals surface area contributed by atoms with E-state index in [9.17, 15) is 14.7 Å². The number of piperazine rings is 1. The highest BCUT2D eigenvalue weighted by Crippen LogP contribution is 2.24. The van der Waals surface area contributed by atoms with E-state index in [1.165, 1.54) is 11.3 Å². The van der Waals surface area contributed by atoms with Crippen LogP contribution in [0.25, 0.3) is 10.9 Å². The number of para-hydroxylation sites is 1. The summed E-state index contributed by atoms with van der Waals surface area (Å²) in [5, 5.41) is 20.1. The van der Waals surface area contributed by atoms with E-state index in [2.05, 4.69) is 33.8 Å². The fourth-order valence-corrected chi connectivity index (χ4v) is 5.19. The summed E-state index contributed by atoms with van der Waals surface area (Å²) >= 11 is 0. The van der Waals surface area contributed by atoms with Crippen LogP contribution in [0.4, 0.5) is 10.5 Å². The van der Waals surface area contributed by atoms with Gasteiger partial charge < -0.3 is 35.4 Å². The number of rotatable bonds is 7. The van der Waals surface area contributed by atoms with E-state index in [1.54, 1.807) is 11.1 Å². The molecule has 4 N–H and O–H groups in total. The third-order valence-electron chi connectivity index (χ3n) is 7.49. The number of primary amides is 1. The van der Waals surface area contributed by atoms with Crippen LogP contribution in [0, 0.1) is 12.8 Å². The molecule has 2 aromatic carbocycles. The van der Waals surface area contributed by atoms with Gasteiger partial charge in [-0.1, -0.05) is 24.3 Å². The number of benzene rings is 2. The summed E-state index contributed by atoms with van der Waals surface area (Å²) in [5.41, 5.74) is 8.64. The molecule has 2 fully saturated rings. The summed E-state index contributed by atoms with van der Waals surface area (Å²) in [7, 11) is 0. The van der Waals surface area contributed by atoms with E-state index in [-0.39, 0.29) is 18.6 Å². The molecule has 2 aliphatic rings. The summed E-state index contributed by atoms with van der Waals surface area (Å²) in [5.74, 6) is -0.259. The van der Waals surface area contributed by atoms with E-state index in [4.69, 9.17) is 15.6 Å². The number of carboxylic acids is 1. The second kappa shape index (κ2) is 14.0. The zero-order valence-electron chi connectivity index (χ0n) is 23.0. The van der Waals surface area contributed by atoms with Crippen molar-refractivity contribution in [2.24, 2.45) is 11.7 Å². The Kier molecular flexibility index (Phi) is 10.2. The average molecular weight is 550 g/mol.